The van der Waals surface area contributed by atoms with Gasteiger partial charge in [0.1, 0.15) is 0 Å². The molecule has 1 amide bonds. The maximum Gasteiger partial charge on any atom is 0.230 e. The first-order valence-electron chi connectivity index (χ1n) is 6.29. The lowest BCUT2D eigenvalue weighted by Crippen LogP contribution is -2.47. The van der Waals surface area contributed by atoms with Crippen molar-refractivity contribution in [3.05, 3.63) is 28.2 Å². The largest absolute Gasteiger partial charge is 0.349 e. The van der Waals surface area contributed by atoms with Crippen LogP contribution in [0.3, 0.4) is 0 Å². The Bertz CT molecular complexity index is 643. The number of hydrogen-bond acceptors (Lipinski definition) is 4. The van der Waals surface area contributed by atoms with Gasteiger partial charge in [0, 0.05) is 4.90 Å². The maximum atomic E-state index is 12.0. The van der Waals surface area contributed by atoms with Crippen molar-refractivity contribution in [1.82, 2.24) is 5.32 Å². The molecule has 1 atom stereocenters. The molecular weight excluding hydrogens is 353 g/mol. The summed E-state index contributed by atoms with van der Waals surface area (Å²) in [5, 5.41) is 3.79. The fourth-order valence-corrected chi connectivity index (χ4v) is 5.82. The Morgan fingerprint density at radius 1 is 1.38 bits per heavy atom. The van der Waals surface area contributed by atoms with Crippen LogP contribution < -0.4 is 5.32 Å². The maximum absolute atomic E-state index is 12.0. The van der Waals surface area contributed by atoms with E-state index in [1.54, 1.807) is 25.1 Å². The Kier molecular flexibility index (Phi) is 5.13. The van der Waals surface area contributed by atoms with Crippen molar-refractivity contribution >= 4 is 50.7 Å². The molecule has 1 N–H and O–H groups in total. The predicted octanol–water partition coefficient (Wildman–Crippen LogP) is 2.78. The zero-order valence-electron chi connectivity index (χ0n) is 11.4. The predicted molar refractivity (Wildman–Crippen MR) is 87.0 cm³/mol. The van der Waals surface area contributed by atoms with Crippen LogP contribution in [0, 0.1) is 0 Å². The number of hydrogen-bond donors (Lipinski definition) is 1. The number of amides is 1. The van der Waals surface area contributed by atoms with Gasteiger partial charge in [-0.05, 0) is 25.5 Å². The number of halogens is 2. The van der Waals surface area contributed by atoms with Crippen molar-refractivity contribution in [2.24, 2.45) is 0 Å². The Morgan fingerprint density at radius 2 is 2.00 bits per heavy atom. The number of thioether (sulfide) groups is 1. The minimum absolute atomic E-state index is 0.0107. The summed E-state index contributed by atoms with van der Waals surface area (Å²) in [7, 11) is -3.04. The summed E-state index contributed by atoms with van der Waals surface area (Å²) in [6.07, 6.45) is 0.443. The van der Waals surface area contributed by atoms with Crippen LogP contribution in [0.25, 0.3) is 0 Å². The molecular formula is C13H15Cl2NO3S2. The van der Waals surface area contributed by atoms with E-state index >= 15 is 0 Å². The molecule has 21 heavy (non-hydrogen) atoms. The topological polar surface area (TPSA) is 63.2 Å². The molecule has 1 aliphatic rings. The van der Waals surface area contributed by atoms with E-state index in [-0.39, 0.29) is 23.2 Å². The average molecular weight is 368 g/mol. The second-order valence-electron chi connectivity index (χ2n) is 5.29. The van der Waals surface area contributed by atoms with Gasteiger partial charge in [-0.2, -0.15) is 0 Å². The lowest BCUT2D eigenvalue weighted by Gasteiger charge is -2.23. The van der Waals surface area contributed by atoms with Gasteiger partial charge in [-0.25, -0.2) is 8.42 Å². The van der Waals surface area contributed by atoms with Crippen molar-refractivity contribution in [1.29, 1.82) is 0 Å². The molecule has 116 valence electrons. The minimum Gasteiger partial charge on any atom is -0.349 e. The molecule has 1 heterocycles. The summed E-state index contributed by atoms with van der Waals surface area (Å²) in [6, 6.07) is 5.15. The molecule has 1 aliphatic heterocycles. The molecule has 0 aliphatic carbocycles. The van der Waals surface area contributed by atoms with Gasteiger partial charge in [0.2, 0.25) is 5.91 Å². The van der Waals surface area contributed by atoms with E-state index in [2.05, 4.69) is 5.32 Å². The van der Waals surface area contributed by atoms with Gasteiger partial charge >= 0.3 is 0 Å². The fourth-order valence-electron chi connectivity index (χ4n) is 2.24. The molecule has 1 aromatic carbocycles. The van der Waals surface area contributed by atoms with Crippen LogP contribution in [0.4, 0.5) is 0 Å². The highest BCUT2D eigenvalue weighted by atomic mass is 35.5. The first kappa shape index (κ1) is 16.9. The molecule has 8 heteroatoms. The third-order valence-corrected chi connectivity index (χ3v) is 7.10. The Hall–Kier alpha value is -0.430. The third kappa shape index (κ3) is 4.52. The molecule has 1 unspecified atom stereocenters. The van der Waals surface area contributed by atoms with Crippen LogP contribution in [0.5, 0.6) is 0 Å². The number of nitrogens with one attached hydrogen (secondary N) is 1. The summed E-state index contributed by atoms with van der Waals surface area (Å²) in [6.45, 7) is 1.75. The van der Waals surface area contributed by atoms with E-state index in [0.717, 1.165) is 0 Å². The van der Waals surface area contributed by atoms with Crippen LogP contribution in [0.2, 0.25) is 10.0 Å². The van der Waals surface area contributed by atoms with Crippen molar-refractivity contribution in [3.8, 4) is 0 Å². The van der Waals surface area contributed by atoms with Crippen molar-refractivity contribution < 1.29 is 13.2 Å². The second-order valence-corrected chi connectivity index (χ2v) is 9.27. The highest BCUT2D eigenvalue weighted by Gasteiger charge is 2.39. The van der Waals surface area contributed by atoms with Gasteiger partial charge in [-0.3, -0.25) is 4.79 Å². The minimum atomic E-state index is -3.04. The SMILES string of the molecule is CC1(NC(=O)CSc2c(Cl)cccc2Cl)CCS(=O)(=O)C1. The van der Waals surface area contributed by atoms with Gasteiger partial charge in [0.15, 0.2) is 9.84 Å². The lowest BCUT2D eigenvalue weighted by atomic mass is 10.0. The highest BCUT2D eigenvalue weighted by Crippen LogP contribution is 2.33. The molecule has 0 bridgehead atoms. The molecule has 1 fully saturated rings. The summed E-state index contributed by atoms with van der Waals surface area (Å²) >= 11 is 13.3. The number of sulfone groups is 1. The summed E-state index contributed by atoms with van der Waals surface area (Å²) < 4.78 is 23.0. The average Bonchev–Trinajstić information content (AvgIpc) is 2.62. The highest BCUT2D eigenvalue weighted by molar-refractivity contribution is 8.00. The molecule has 0 saturated carbocycles. The number of benzene rings is 1. The van der Waals surface area contributed by atoms with Crippen LogP contribution >= 0.6 is 35.0 Å². The van der Waals surface area contributed by atoms with Crippen LogP contribution in [0.15, 0.2) is 23.1 Å². The van der Waals surface area contributed by atoms with Crippen molar-refractivity contribution in [2.45, 2.75) is 23.8 Å². The van der Waals surface area contributed by atoms with Crippen molar-refractivity contribution in [2.75, 3.05) is 17.3 Å². The Balaban J connectivity index is 1.94. The molecule has 1 aromatic rings. The standard InChI is InChI=1S/C13H15Cl2NO3S2/c1-13(5-6-21(18,19)8-13)16-11(17)7-20-12-9(14)3-2-4-10(12)15/h2-4H,5-8H2,1H3,(H,16,17). The lowest BCUT2D eigenvalue weighted by molar-refractivity contribution is -0.120. The van der Waals surface area contributed by atoms with E-state index in [4.69, 9.17) is 23.2 Å². The van der Waals surface area contributed by atoms with Crippen molar-refractivity contribution in [3.63, 3.8) is 0 Å². The molecule has 0 aromatic heterocycles. The number of carbonyl (C=O) groups excluding carboxylic acids is 1. The zero-order valence-corrected chi connectivity index (χ0v) is 14.5. The summed E-state index contributed by atoms with van der Waals surface area (Å²) in [5.41, 5.74) is -0.680. The molecule has 0 spiro atoms. The smallest absolute Gasteiger partial charge is 0.230 e. The molecule has 1 saturated heterocycles. The zero-order chi connectivity index (χ0) is 15.7. The van der Waals surface area contributed by atoms with E-state index in [9.17, 15) is 13.2 Å². The van der Waals surface area contributed by atoms with E-state index in [1.165, 1.54) is 11.8 Å². The van der Waals surface area contributed by atoms with Gasteiger partial charge in [0.25, 0.3) is 0 Å². The van der Waals surface area contributed by atoms with Gasteiger partial charge < -0.3 is 5.32 Å². The van der Waals surface area contributed by atoms with Crippen LogP contribution in [0.1, 0.15) is 13.3 Å². The molecule has 2 rings (SSSR count). The summed E-state index contributed by atoms with van der Waals surface area (Å²) in [5.74, 6) is 0.0193. The quantitative estimate of drug-likeness (QED) is 0.831. The number of rotatable bonds is 4. The second kappa shape index (κ2) is 6.36. The Morgan fingerprint density at radius 3 is 2.52 bits per heavy atom. The Labute approximate surface area is 138 Å². The van der Waals surface area contributed by atoms with E-state index in [1.807, 2.05) is 0 Å². The normalized spacial score (nSPS) is 24.0. The van der Waals surface area contributed by atoms with Crippen LogP contribution in [-0.2, 0) is 14.6 Å². The molecule has 0 radical (unpaired) electrons. The first-order chi connectivity index (χ1) is 9.71. The summed E-state index contributed by atoms with van der Waals surface area (Å²) in [4.78, 5) is 12.7. The molecule has 4 nitrogen and oxygen atoms in total. The number of carbonyl (C=O) groups is 1. The van der Waals surface area contributed by atoms with Gasteiger partial charge in [0.05, 0.1) is 32.8 Å². The monoisotopic (exact) mass is 367 g/mol. The third-order valence-electron chi connectivity index (χ3n) is 3.21. The van der Waals surface area contributed by atoms with Gasteiger partial charge in [-0.15, -0.1) is 11.8 Å². The van der Waals surface area contributed by atoms with Crippen LogP contribution in [-0.4, -0.2) is 37.1 Å². The first-order valence-corrected chi connectivity index (χ1v) is 9.85. The van der Waals surface area contributed by atoms with E-state index in [0.29, 0.717) is 21.4 Å². The van der Waals surface area contributed by atoms with Gasteiger partial charge in [-0.1, -0.05) is 29.3 Å². The fraction of sp³-hybridized carbons (Fsp3) is 0.462. The van der Waals surface area contributed by atoms with E-state index < -0.39 is 15.4 Å².